The molecule has 0 saturated heterocycles. The molecule has 3 rings (SSSR count). The van der Waals surface area contributed by atoms with Crippen LogP contribution in [0.2, 0.25) is 0 Å². The topological polar surface area (TPSA) is 96.3 Å². The van der Waals surface area contributed by atoms with Gasteiger partial charge in [-0.3, -0.25) is 4.79 Å². The van der Waals surface area contributed by atoms with Crippen LogP contribution in [0.5, 0.6) is 11.5 Å². The molecule has 0 unspecified atom stereocenters. The van der Waals surface area contributed by atoms with Crippen molar-refractivity contribution in [3.05, 3.63) is 59.7 Å². The van der Waals surface area contributed by atoms with Crippen LogP contribution < -0.4 is 20.1 Å². The van der Waals surface area contributed by atoms with Gasteiger partial charge in [-0.05, 0) is 55.5 Å². The zero-order valence-electron chi connectivity index (χ0n) is 16.4. The SMILES string of the molecule is CCOc1ccc2nc(NCCNC(=O)c3ccc(OC)cc3)c(C#N)cc2c1. The van der Waals surface area contributed by atoms with Gasteiger partial charge < -0.3 is 20.1 Å². The predicted octanol–water partition coefficient (Wildman–Crippen LogP) is 3.36. The number of hydrogen-bond donors (Lipinski definition) is 2. The number of nitriles is 1. The van der Waals surface area contributed by atoms with Crippen molar-refractivity contribution in [1.82, 2.24) is 10.3 Å². The summed E-state index contributed by atoms with van der Waals surface area (Å²) in [5, 5.41) is 16.2. The summed E-state index contributed by atoms with van der Waals surface area (Å²) < 4.78 is 10.6. The van der Waals surface area contributed by atoms with E-state index in [0.717, 1.165) is 16.7 Å². The lowest BCUT2D eigenvalue weighted by Gasteiger charge is -2.11. The van der Waals surface area contributed by atoms with E-state index in [1.165, 1.54) is 0 Å². The number of ether oxygens (including phenoxy) is 2. The van der Waals surface area contributed by atoms with E-state index in [9.17, 15) is 10.1 Å². The normalized spacial score (nSPS) is 10.2. The number of fused-ring (bicyclic) bond motifs is 1. The summed E-state index contributed by atoms with van der Waals surface area (Å²) in [6.07, 6.45) is 0. The van der Waals surface area contributed by atoms with Crippen LogP contribution in [0.1, 0.15) is 22.8 Å². The number of hydrogen-bond acceptors (Lipinski definition) is 6. The highest BCUT2D eigenvalue weighted by Crippen LogP contribution is 2.24. The summed E-state index contributed by atoms with van der Waals surface area (Å²) in [7, 11) is 1.58. The Morgan fingerprint density at radius 3 is 2.55 bits per heavy atom. The summed E-state index contributed by atoms with van der Waals surface area (Å²) in [6.45, 7) is 3.32. The van der Waals surface area contributed by atoms with Crippen molar-refractivity contribution in [3.63, 3.8) is 0 Å². The summed E-state index contributed by atoms with van der Waals surface area (Å²) in [4.78, 5) is 16.7. The van der Waals surface area contributed by atoms with E-state index >= 15 is 0 Å². The molecule has 1 aromatic heterocycles. The van der Waals surface area contributed by atoms with Crippen LogP contribution in [0.4, 0.5) is 5.82 Å². The highest BCUT2D eigenvalue weighted by atomic mass is 16.5. The third kappa shape index (κ3) is 4.93. The lowest BCUT2D eigenvalue weighted by molar-refractivity contribution is 0.0955. The molecule has 2 aromatic carbocycles. The average Bonchev–Trinajstić information content (AvgIpc) is 2.76. The third-order valence-corrected chi connectivity index (χ3v) is 4.27. The van der Waals surface area contributed by atoms with Gasteiger partial charge in [0, 0.05) is 24.0 Å². The molecule has 0 saturated carbocycles. The number of anilines is 1. The minimum atomic E-state index is -0.176. The van der Waals surface area contributed by atoms with Gasteiger partial charge in [0.1, 0.15) is 23.4 Å². The number of aromatic nitrogens is 1. The van der Waals surface area contributed by atoms with Crippen LogP contribution in [0, 0.1) is 11.3 Å². The number of nitrogens with one attached hydrogen (secondary N) is 2. The van der Waals surface area contributed by atoms with Gasteiger partial charge in [-0.2, -0.15) is 5.26 Å². The average molecular weight is 390 g/mol. The Morgan fingerprint density at radius 1 is 1.10 bits per heavy atom. The van der Waals surface area contributed by atoms with E-state index in [4.69, 9.17) is 9.47 Å². The molecule has 148 valence electrons. The fraction of sp³-hybridized carbons (Fsp3) is 0.227. The fourth-order valence-electron chi connectivity index (χ4n) is 2.83. The number of methoxy groups -OCH3 is 1. The molecule has 29 heavy (non-hydrogen) atoms. The second-order valence-electron chi connectivity index (χ2n) is 6.20. The van der Waals surface area contributed by atoms with Crippen molar-refractivity contribution in [2.75, 3.05) is 32.1 Å². The number of carbonyl (C=O) groups is 1. The first-order valence-corrected chi connectivity index (χ1v) is 9.28. The minimum absolute atomic E-state index is 0.176. The second-order valence-corrected chi connectivity index (χ2v) is 6.20. The van der Waals surface area contributed by atoms with E-state index in [0.29, 0.717) is 42.4 Å². The Kier molecular flexibility index (Phi) is 6.48. The van der Waals surface area contributed by atoms with E-state index in [-0.39, 0.29) is 5.91 Å². The second kappa shape index (κ2) is 9.42. The first kappa shape index (κ1) is 20.0. The maximum atomic E-state index is 12.2. The molecular weight excluding hydrogens is 368 g/mol. The highest BCUT2D eigenvalue weighted by Gasteiger charge is 2.09. The molecule has 0 radical (unpaired) electrons. The van der Waals surface area contributed by atoms with Gasteiger partial charge in [-0.1, -0.05) is 0 Å². The third-order valence-electron chi connectivity index (χ3n) is 4.27. The van der Waals surface area contributed by atoms with Crippen molar-refractivity contribution >= 4 is 22.6 Å². The molecule has 0 aliphatic rings. The Balaban J connectivity index is 1.61. The Hall–Kier alpha value is -3.79. The van der Waals surface area contributed by atoms with E-state index in [2.05, 4.69) is 21.7 Å². The largest absolute Gasteiger partial charge is 0.497 e. The Labute approximate surface area is 169 Å². The molecular formula is C22H22N4O3. The zero-order chi connectivity index (χ0) is 20.6. The number of nitrogens with zero attached hydrogens (tertiary/aromatic N) is 2. The van der Waals surface area contributed by atoms with E-state index in [1.54, 1.807) is 37.4 Å². The van der Waals surface area contributed by atoms with Crippen LogP contribution in [0.25, 0.3) is 10.9 Å². The molecule has 0 atom stereocenters. The lowest BCUT2D eigenvalue weighted by Crippen LogP contribution is -2.29. The molecule has 1 amide bonds. The zero-order valence-corrected chi connectivity index (χ0v) is 16.4. The van der Waals surface area contributed by atoms with Crippen LogP contribution in [0.15, 0.2) is 48.5 Å². The van der Waals surface area contributed by atoms with Crippen LogP contribution in [-0.2, 0) is 0 Å². The van der Waals surface area contributed by atoms with Crippen molar-refractivity contribution in [3.8, 4) is 17.6 Å². The maximum absolute atomic E-state index is 12.2. The molecule has 7 heteroatoms. The molecule has 1 heterocycles. The number of pyridine rings is 1. The quantitative estimate of drug-likeness (QED) is 0.573. The van der Waals surface area contributed by atoms with E-state index in [1.807, 2.05) is 25.1 Å². The molecule has 0 aliphatic heterocycles. The summed E-state index contributed by atoms with van der Waals surface area (Å²) in [5.74, 6) is 1.75. The number of carbonyl (C=O) groups excluding carboxylic acids is 1. The van der Waals surface area contributed by atoms with Crippen LogP contribution in [0.3, 0.4) is 0 Å². The monoisotopic (exact) mass is 390 g/mol. The molecule has 0 aliphatic carbocycles. The predicted molar refractivity (Wildman–Crippen MR) is 111 cm³/mol. The molecule has 0 bridgehead atoms. The minimum Gasteiger partial charge on any atom is -0.497 e. The number of benzene rings is 2. The van der Waals surface area contributed by atoms with Crippen LogP contribution in [-0.4, -0.2) is 37.7 Å². The molecule has 3 aromatic rings. The summed E-state index contributed by atoms with van der Waals surface area (Å²) >= 11 is 0. The van der Waals surface area contributed by atoms with Crippen LogP contribution >= 0.6 is 0 Å². The van der Waals surface area contributed by atoms with Crippen molar-refractivity contribution in [2.45, 2.75) is 6.92 Å². The summed E-state index contributed by atoms with van der Waals surface area (Å²) in [6, 6.07) is 16.4. The standard InChI is InChI=1S/C22H22N4O3/c1-3-29-19-8-9-20-16(13-19)12-17(14-23)21(26-20)24-10-11-25-22(27)15-4-6-18(28-2)7-5-15/h4-9,12-13H,3,10-11H2,1-2H3,(H,24,26)(H,25,27). The van der Waals surface area contributed by atoms with Crippen molar-refractivity contribution < 1.29 is 14.3 Å². The maximum Gasteiger partial charge on any atom is 0.251 e. The van der Waals surface area contributed by atoms with Gasteiger partial charge in [0.15, 0.2) is 0 Å². The number of rotatable bonds is 8. The first-order chi connectivity index (χ1) is 14.1. The van der Waals surface area contributed by atoms with Gasteiger partial charge in [-0.25, -0.2) is 4.98 Å². The van der Waals surface area contributed by atoms with Crippen molar-refractivity contribution in [1.29, 1.82) is 5.26 Å². The summed E-state index contributed by atoms with van der Waals surface area (Å²) in [5.41, 5.74) is 1.75. The van der Waals surface area contributed by atoms with E-state index < -0.39 is 0 Å². The smallest absolute Gasteiger partial charge is 0.251 e. The van der Waals surface area contributed by atoms with Gasteiger partial charge in [0.2, 0.25) is 0 Å². The van der Waals surface area contributed by atoms with Crippen molar-refractivity contribution in [2.24, 2.45) is 0 Å². The molecule has 7 nitrogen and oxygen atoms in total. The molecule has 0 fully saturated rings. The number of amides is 1. The van der Waals surface area contributed by atoms with Gasteiger partial charge in [0.25, 0.3) is 5.91 Å². The van der Waals surface area contributed by atoms with Gasteiger partial charge in [-0.15, -0.1) is 0 Å². The van der Waals surface area contributed by atoms with Gasteiger partial charge in [0.05, 0.1) is 24.8 Å². The Bertz CT molecular complexity index is 1040. The highest BCUT2D eigenvalue weighted by molar-refractivity contribution is 5.94. The molecule has 2 N–H and O–H groups in total. The fourth-order valence-corrected chi connectivity index (χ4v) is 2.83. The molecule has 0 spiro atoms. The Morgan fingerprint density at radius 2 is 1.86 bits per heavy atom. The lowest BCUT2D eigenvalue weighted by atomic mass is 10.1. The van der Waals surface area contributed by atoms with Gasteiger partial charge >= 0.3 is 0 Å². The first-order valence-electron chi connectivity index (χ1n) is 9.28.